The summed E-state index contributed by atoms with van der Waals surface area (Å²) in [4.78, 5) is 15.9. The van der Waals surface area contributed by atoms with Crippen LogP contribution in [0.25, 0.3) is 11.5 Å². The Morgan fingerprint density at radius 3 is 2.66 bits per heavy atom. The molecule has 9 heteroatoms. The molecule has 0 unspecified atom stereocenters. The number of sulfonamides is 1. The maximum absolute atomic E-state index is 12.5. The van der Waals surface area contributed by atoms with Crippen LogP contribution in [-0.4, -0.2) is 42.5 Å². The van der Waals surface area contributed by atoms with E-state index in [2.05, 4.69) is 26.5 Å². The van der Waals surface area contributed by atoms with Crippen molar-refractivity contribution < 1.29 is 8.42 Å². The third-order valence-electron chi connectivity index (χ3n) is 4.92. The minimum atomic E-state index is -3.44. The molecule has 3 aromatic heterocycles. The van der Waals surface area contributed by atoms with E-state index in [0.29, 0.717) is 10.0 Å². The number of hydrogen-bond donors (Lipinski definition) is 1. The Morgan fingerprint density at radius 2 is 2.00 bits per heavy atom. The summed E-state index contributed by atoms with van der Waals surface area (Å²) < 4.78 is 28.1. The molecule has 7 nitrogen and oxygen atoms in total. The third-order valence-corrected chi connectivity index (χ3v) is 7.84. The molecule has 0 bridgehead atoms. The van der Waals surface area contributed by atoms with Crippen LogP contribution >= 0.6 is 11.3 Å². The van der Waals surface area contributed by atoms with Crippen molar-refractivity contribution in [2.24, 2.45) is 0 Å². The Kier molecular flexibility index (Phi) is 5.89. The minimum absolute atomic E-state index is 0.0684. The van der Waals surface area contributed by atoms with Crippen molar-refractivity contribution in [2.75, 3.05) is 18.0 Å². The van der Waals surface area contributed by atoms with Crippen LogP contribution in [0.15, 0.2) is 52.2 Å². The second-order valence-corrected chi connectivity index (χ2v) is 9.81. The first-order valence-electron chi connectivity index (χ1n) is 9.65. The molecule has 0 radical (unpaired) electrons. The summed E-state index contributed by atoms with van der Waals surface area (Å²) in [5.41, 5.74) is 1.72. The van der Waals surface area contributed by atoms with Gasteiger partial charge in [0, 0.05) is 37.1 Å². The molecule has 3 aromatic rings. The van der Waals surface area contributed by atoms with E-state index in [1.54, 1.807) is 23.7 Å². The first kappa shape index (κ1) is 19.9. The van der Waals surface area contributed by atoms with E-state index >= 15 is 0 Å². The number of nitrogens with one attached hydrogen (secondary N) is 1. The van der Waals surface area contributed by atoms with Gasteiger partial charge in [-0.3, -0.25) is 4.98 Å². The molecule has 152 valence electrons. The quantitative estimate of drug-likeness (QED) is 0.648. The average molecular weight is 430 g/mol. The largest absolute Gasteiger partial charge is 0.356 e. The lowest BCUT2D eigenvalue weighted by atomic mass is 10.1. The summed E-state index contributed by atoms with van der Waals surface area (Å²) in [5, 5.41) is 1.77. The van der Waals surface area contributed by atoms with Crippen LogP contribution in [-0.2, 0) is 16.4 Å². The number of anilines is 1. The Hall–Kier alpha value is -2.36. The smallest absolute Gasteiger partial charge is 0.250 e. The maximum Gasteiger partial charge on any atom is 0.250 e. The summed E-state index contributed by atoms with van der Waals surface area (Å²) in [7, 11) is -3.44. The number of pyridine rings is 1. The molecule has 0 aromatic carbocycles. The Bertz CT molecular complexity index is 1050. The van der Waals surface area contributed by atoms with Gasteiger partial charge >= 0.3 is 0 Å². The molecular weight excluding hydrogens is 406 g/mol. The van der Waals surface area contributed by atoms with Crippen LogP contribution in [0.3, 0.4) is 0 Å². The number of piperidine rings is 1. The Morgan fingerprint density at radius 1 is 1.17 bits per heavy atom. The van der Waals surface area contributed by atoms with Gasteiger partial charge in [-0.1, -0.05) is 19.1 Å². The molecule has 1 N–H and O–H groups in total. The monoisotopic (exact) mass is 429 g/mol. The van der Waals surface area contributed by atoms with Crippen molar-refractivity contribution in [1.29, 1.82) is 0 Å². The van der Waals surface area contributed by atoms with Crippen LogP contribution in [0.1, 0.15) is 25.5 Å². The number of hydrogen-bond acceptors (Lipinski definition) is 7. The van der Waals surface area contributed by atoms with E-state index in [1.807, 2.05) is 24.3 Å². The molecule has 0 spiro atoms. The van der Waals surface area contributed by atoms with Crippen molar-refractivity contribution in [3.8, 4) is 11.5 Å². The van der Waals surface area contributed by atoms with E-state index in [9.17, 15) is 8.42 Å². The lowest BCUT2D eigenvalue weighted by Crippen LogP contribution is -2.44. The average Bonchev–Trinajstić information content (AvgIpc) is 3.30. The SMILES string of the molecule is CCc1cc(N2CCC(NS(=O)(=O)c3cccs3)CC2)nc(-c2ccccn2)n1. The molecule has 1 saturated heterocycles. The summed E-state index contributed by atoms with van der Waals surface area (Å²) in [6.45, 7) is 3.54. The number of thiophene rings is 1. The predicted molar refractivity (Wildman–Crippen MR) is 115 cm³/mol. The Labute approximate surface area is 174 Å². The normalized spacial score (nSPS) is 15.6. The van der Waals surface area contributed by atoms with Gasteiger partial charge in [-0.05, 0) is 42.8 Å². The molecule has 0 aliphatic carbocycles. The van der Waals surface area contributed by atoms with E-state index in [4.69, 9.17) is 4.98 Å². The molecule has 29 heavy (non-hydrogen) atoms. The molecular formula is C20H23N5O2S2. The molecule has 1 fully saturated rings. The second kappa shape index (κ2) is 8.56. The summed E-state index contributed by atoms with van der Waals surface area (Å²) in [6, 6.07) is 11.0. The van der Waals surface area contributed by atoms with Crippen molar-refractivity contribution >= 4 is 27.2 Å². The van der Waals surface area contributed by atoms with E-state index in [-0.39, 0.29) is 6.04 Å². The highest BCUT2D eigenvalue weighted by atomic mass is 32.2. The molecule has 0 amide bonds. The third kappa shape index (κ3) is 4.63. The summed E-state index contributed by atoms with van der Waals surface area (Å²) in [5.74, 6) is 1.50. The van der Waals surface area contributed by atoms with Gasteiger partial charge in [0.15, 0.2) is 5.82 Å². The molecule has 1 aliphatic rings. The van der Waals surface area contributed by atoms with Gasteiger partial charge < -0.3 is 4.90 Å². The van der Waals surface area contributed by atoms with Crippen LogP contribution < -0.4 is 9.62 Å². The number of nitrogens with zero attached hydrogens (tertiary/aromatic N) is 4. The van der Waals surface area contributed by atoms with Crippen molar-refractivity contribution in [1.82, 2.24) is 19.7 Å². The topological polar surface area (TPSA) is 88.1 Å². The van der Waals surface area contributed by atoms with Gasteiger partial charge in [0.05, 0.1) is 0 Å². The number of aryl methyl sites for hydroxylation is 1. The van der Waals surface area contributed by atoms with Gasteiger partial charge in [-0.25, -0.2) is 23.1 Å². The van der Waals surface area contributed by atoms with Gasteiger partial charge in [-0.2, -0.15) is 0 Å². The van der Waals surface area contributed by atoms with Crippen LogP contribution in [0.2, 0.25) is 0 Å². The van der Waals surface area contributed by atoms with Gasteiger partial charge in [0.2, 0.25) is 10.0 Å². The zero-order chi connectivity index (χ0) is 20.3. The molecule has 4 rings (SSSR count). The van der Waals surface area contributed by atoms with Crippen LogP contribution in [0.5, 0.6) is 0 Å². The van der Waals surface area contributed by atoms with Gasteiger partial charge in [0.25, 0.3) is 0 Å². The molecule has 0 saturated carbocycles. The Balaban J connectivity index is 1.47. The van der Waals surface area contributed by atoms with Gasteiger partial charge in [-0.15, -0.1) is 11.3 Å². The van der Waals surface area contributed by atoms with E-state index in [0.717, 1.165) is 49.6 Å². The minimum Gasteiger partial charge on any atom is -0.356 e. The molecule has 4 heterocycles. The lowest BCUT2D eigenvalue weighted by molar-refractivity contribution is 0.459. The zero-order valence-electron chi connectivity index (χ0n) is 16.2. The molecule has 0 atom stereocenters. The predicted octanol–water partition coefficient (Wildman–Crippen LogP) is 3.11. The van der Waals surface area contributed by atoms with Crippen molar-refractivity contribution in [3.05, 3.63) is 53.7 Å². The van der Waals surface area contributed by atoms with Gasteiger partial charge in [0.1, 0.15) is 15.7 Å². The fourth-order valence-electron chi connectivity index (χ4n) is 3.36. The van der Waals surface area contributed by atoms with E-state index in [1.165, 1.54) is 11.3 Å². The fourth-order valence-corrected chi connectivity index (χ4v) is 5.67. The first-order chi connectivity index (χ1) is 14.0. The van der Waals surface area contributed by atoms with Crippen LogP contribution in [0.4, 0.5) is 5.82 Å². The molecule has 1 aliphatic heterocycles. The van der Waals surface area contributed by atoms with Crippen molar-refractivity contribution in [2.45, 2.75) is 36.4 Å². The second-order valence-electron chi connectivity index (χ2n) is 6.92. The van der Waals surface area contributed by atoms with Crippen LogP contribution in [0, 0.1) is 0 Å². The summed E-state index contributed by atoms with van der Waals surface area (Å²) >= 11 is 1.24. The highest BCUT2D eigenvalue weighted by Crippen LogP contribution is 2.24. The van der Waals surface area contributed by atoms with Crippen molar-refractivity contribution in [3.63, 3.8) is 0 Å². The fraction of sp³-hybridized carbons (Fsp3) is 0.350. The summed E-state index contributed by atoms with van der Waals surface area (Å²) in [6.07, 6.45) is 4.01. The number of aromatic nitrogens is 3. The standard InChI is InChI=1S/C20H23N5O2S2/c1-2-15-14-18(23-20(22-15)17-6-3-4-10-21-17)25-11-8-16(9-12-25)24-29(26,27)19-7-5-13-28-19/h3-7,10,13-14,16,24H,2,8-9,11-12H2,1H3. The zero-order valence-corrected chi connectivity index (χ0v) is 17.8. The number of rotatable bonds is 6. The maximum atomic E-state index is 12.5. The lowest BCUT2D eigenvalue weighted by Gasteiger charge is -2.33. The highest BCUT2D eigenvalue weighted by Gasteiger charge is 2.26. The highest BCUT2D eigenvalue weighted by molar-refractivity contribution is 7.91. The van der Waals surface area contributed by atoms with E-state index < -0.39 is 10.0 Å². The first-order valence-corrected chi connectivity index (χ1v) is 12.0.